The number of carbonyl (C=O) groups excluding carboxylic acids is 1. The van der Waals surface area contributed by atoms with E-state index in [0.717, 1.165) is 11.6 Å². The molecule has 1 aliphatic heterocycles. The Morgan fingerprint density at radius 1 is 1.50 bits per heavy atom. The average Bonchev–Trinajstić information content (AvgIpc) is 2.78. The summed E-state index contributed by atoms with van der Waals surface area (Å²) in [5.74, 6) is -1.33. The first-order chi connectivity index (χ1) is 14.4. The van der Waals surface area contributed by atoms with Crippen molar-refractivity contribution in [1.82, 2.24) is 15.1 Å². The number of aromatic nitrogens is 1. The van der Waals surface area contributed by atoms with Gasteiger partial charge >= 0.3 is 6.09 Å². The van der Waals surface area contributed by atoms with Crippen LogP contribution in [0.1, 0.15) is 17.5 Å². The lowest BCUT2D eigenvalue weighted by Crippen LogP contribution is -2.60. The van der Waals surface area contributed by atoms with Crippen molar-refractivity contribution < 1.29 is 19.1 Å². The van der Waals surface area contributed by atoms with E-state index in [2.05, 4.69) is 10.2 Å². The lowest BCUT2D eigenvalue weighted by molar-refractivity contribution is 0.0707. The van der Waals surface area contributed by atoms with Crippen molar-refractivity contribution in [2.24, 2.45) is 0 Å². The minimum absolute atomic E-state index is 0.123. The molecule has 0 bridgehead atoms. The number of carbonyl (C=O) groups is 1. The highest BCUT2D eigenvalue weighted by atomic mass is 35.5. The van der Waals surface area contributed by atoms with Crippen LogP contribution in [-0.2, 0) is 11.3 Å². The third kappa shape index (κ3) is 4.82. The first-order valence-corrected chi connectivity index (χ1v) is 9.48. The Labute approximate surface area is 179 Å². The number of hydrogen-bond acceptors (Lipinski definition) is 7. The summed E-state index contributed by atoms with van der Waals surface area (Å²) in [5.41, 5.74) is 0.714. The summed E-state index contributed by atoms with van der Waals surface area (Å²) in [6.45, 7) is 0.502. The van der Waals surface area contributed by atoms with Crippen LogP contribution in [0.25, 0.3) is 0 Å². The minimum atomic E-state index is -0.904. The standard InChI is InChI=1S/C19H18BClFN5O3/c20-25-15-10-26(19(28)30-11-12-4-2-1-3-5-12)7-6-16(15)27(29)18-14(22)8-13(9-23)17(21)24-18/h1-5,8,15-16,25,29H,6-7,10-11H2/t15?,16-/m1/s1. The zero-order chi connectivity index (χ0) is 21.7. The summed E-state index contributed by atoms with van der Waals surface area (Å²) in [6, 6.07) is 10.6. The van der Waals surface area contributed by atoms with Crippen molar-refractivity contribution in [3.8, 4) is 6.07 Å². The van der Waals surface area contributed by atoms with E-state index in [1.165, 1.54) is 4.90 Å². The summed E-state index contributed by atoms with van der Waals surface area (Å²) < 4.78 is 19.6. The molecule has 1 aromatic carbocycles. The van der Waals surface area contributed by atoms with Crippen LogP contribution in [0.5, 0.6) is 0 Å². The van der Waals surface area contributed by atoms with Gasteiger partial charge in [-0.05, 0) is 18.1 Å². The van der Waals surface area contributed by atoms with E-state index in [1.807, 2.05) is 30.3 Å². The molecule has 2 N–H and O–H groups in total. The molecule has 0 aliphatic carbocycles. The molecule has 0 spiro atoms. The molecular weight excluding hydrogens is 412 g/mol. The number of rotatable bonds is 5. The van der Waals surface area contributed by atoms with Crippen LogP contribution in [-0.4, -0.2) is 54.3 Å². The Morgan fingerprint density at radius 2 is 2.23 bits per heavy atom. The SMILES string of the molecule is [B]NC1CN(C(=O)OCc2ccccc2)CC[C@H]1N(O)c1nc(Cl)c(C#N)cc1F. The molecule has 2 atom stereocenters. The third-order valence-corrected chi connectivity index (χ3v) is 5.10. The molecule has 1 amide bonds. The third-order valence-electron chi connectivity index (χ3n) is 4.82. The van der Waals surface area contributed by atoms with Gasteiger partial charge in [-0.25, -0.2) is 19.2 Å². The quantitative estimate of drug-likeness (QED) is 0.427. The zero-order valence-electron chi connectivity index (χ0n) is 15.8. The van der Waals surface area contributed by atoms with E-state index in [-0.39, 0.29) is 36.8 Å². The van der Waals surface area contributed by atoms with Gasteiger partial charge in [0.1, 0.15) is 17.8 Å². The van der Waals surface area contributed by atoms with Crippen LogP contribution in [0.2, 0.25) is 5.15 Å². The molecule has 8 nitrogen and oxygen atoms in total. The molecule has 30 heavy (non-hydrogen) atoms. The van der Waals surface area contributed by atoms with Crippen molar-refractivity contribution in [1.29, 1.82) is 5.26 Å². The fourth-order valence-corrected chi connectivity index (χ4v) is 3.40. The Hall–Kier alpha value is -2.87. The van der Waals surface area contributed by atoms with E-state index in [4.69, 9.17) is 29.6 Å². The Morgan fingerprint density at radius 3 is 2.90 bits per heavy atom. The first kappa shape index (κ1) is 21.8. The van der Waals surface area contributed by atoms with E-state index in [0.29, 0.717) is 5.06 Å². The van der Waals surface area contributed by atoms with Crippen molar-refractivity contribution in [3.05, 3.63) is 58.5 Å². The predicted octanol–water partition coefficient (Wildman–Crippen LogP) is 2.39. The van der Waals surface area contributed by atoms with E-state index < -0.39 is 29.8 Å². The van der Waals surface area contributed by atoms with Crippen LogP contribution in [0.4, 0.5) is 15.0 Å². The number of amides is 1. The van der Waals surface area contributed by atoms with Crippen LogP contribution in [0.3, 0.4) is 0 Å². The van der Waals surface area contributed by atoms with Crippen LogP contribution in [0, 0.1) is 17.1 Å². The number of pyridine rings is 1. The molecule has 3 rings (SSSR count). The second-order valence-corrected chi connectivity index (χ2v) is 7.06. The number of nitriles is 1. The van der Waals surface area contributed by atoms with E-state index in [1.54, 1.807) is 6.07 Å². The largest absolute Gasteiger partial charge is 0.445 e. The van der Waals surface area contributed by atoms with Gasteiger partial charge in [0, 0.05) is 19.1 Å². The van der Waals surface area contributed by atoms with Gasteiger partial charge in [0.25, 0.3) is 0 Å². The van der Waals surface area contributed by atoms with Crippen LogP contribution in [0.15, 0.2) is 36.4 Å². The summed E-state index contributed by atoms with van der Waals surface area (Å²) in [6.07, 6.45) is -0.266. The average molecular weight is 430 g/mol. The lowest BCUT2D eigenvalue weighted by Gasteiger charge is -2.41. The highest BCUT2D eigenvalue weighted by Crippen LogP contribution is 2.27. The number of hydrogen-bond donors (Lipinski definition) is 2. The van der Waals surface area contributed by atoms with Crippen molar-refractivity contribution in [2.75, 3.05) is 18.2 Å². The Kier molecular flexibility index (Phi) is 7.10. The lowest BCUT2D eigenvalue weighted by atomic mass is 9.97. The molecule has 2 heterocycles. The molecular formula is C19H18BClFN5O3. The summed E-state index contributed by atoms with van der Waals surface area (Å²) in [5, 5.41) is 22.4. The fourth-order valence-electron chi connectivity index (χ4n) is 3.23. The maximum atomic E-state index is 14.3. The van der Waals surface area contributed by atoms with Crippen LogP contribution >= 0.6 is 11.6 Å². The molecule has 2 radical (unpaired) electrons. The van der Waals surface area contributed by atoms with Crippen LogP contribution < -0.4 is 10.3 Å². The number of nitrogens with zero attached hydrogens (tertiary/aromatic N) is 4. The summed E-state index contributed by atoms with van der Waals surface area (Å²) in [4.78, 5) is 17.6. The number of nitrogens with one attached hydrogen (secondary N) is 1. The summed E-state index contributed by atoms with van der Waals surface area (Å²) in [7, 11) is 5.60. The van der Waals surface area contributed by atoms with E-state index in [9.17, 15) is 14.4 Å². The highest BCUT2D eigenvalue weighted by molar-refractivity contribution is 6.30. The molecule has 154 valence electrons. The van der Waals surface area contributed by atoms with Crippen molar-refractivity contribution >= 4 is 31.5 Å². The second-order valence-electron chi connectivity index (χ2n) is 6.70. The van der Waals surface area contributed by atoms with Gasteiger partial charge in [0.2, 0.25) is 0 Å². The topological polar surface area (TPSA) is 102 Å². The van der Waals surface area contributed by atoms with Gasteiger partial charge in [-0.1, -0.05) is 41.9 Å². The minimum Gasteiger partial charge on any atom is -0.445 e. The molecule has 0 saturated carbocycles. The number of ether oxygens (including phenoxy) is 1. The molecule has 2 aromatic rings. The molecule has 1 unspecified atom stereocenters. The second kappa shape index (κ2) is 9.76. The fraction of sp³-hybridized carbons (Fsp3) is 0.316. The first-order valence-electron chi connectivity index (χ1n) is 9.10. The molecule has 1 aromatic heterocycles. The van der Waals surface area contributed by atoms with Gasteiger partial charge in [0.05, 0.1) is 11.6 Å². The normalized spacial score (nSPS) is 18.5. The van der Waals surface area contributed by atoms with Crippen molar-refractivity contribution in [3.63, 3.8) is 0 Å². The highest BCUT2D eigenvalue weighted by Gasteiger charge is 2.36. The Bertz CT molecular complexity index is 946. The Balaban J connectivity index is 1.66. The number of hydroxylamine groups is 1. The maximum absolute atomic E-state index is 14.3. The molecule has 1 saturated heterocycles. The number of halogens is 2. The monoisotopic (exact) mass is 429 g/mol. The molecule has 1 fully saturated rings. The van der Waals surface area contributed by atoms with Gasteiger partial charge in [0.15, 0.2) is 19.6 Å². The van der Waals surface area contributed by atoms with Crippen molar-refractivity contribution in [2.45, 2.75) is 25.1 Å². The zero-order valence-corrected chi connectivity index (χ0v) is 16.6. The van der Waals surface area contributed by atoms with Gasteiger partial charge < -0.3 is 14.9 Å². The molecule has 11 heteroatoms. The van der Waals surface area contributed by atoms with Gasteiger partial charge in [-0.2, -0.15) is 5.26 Å². The predicted molar refractivity (Wildman–Crippen MR) is 107 cm³/mol. The number of piperidine rings is 1. The smallest absolute Gasteiger partial charge is 0.410 e. The van der Waals surface area contributed by atoms with Gasteiger partial charge in [-0.3, -0.25) is 5.21 Å². The number of benzene rings is 1. The maximum Gasteiger partial charge on any atom is 0.410 e. The van der Waals surface area contributed by atoms with E-state index >= 15 is 0 Å². The van der Waals surface area contributed by atoms with Gasteiger partial charge in [-0.15, -0.1) is 0 Å². The number of anilines is 1. The summed E-state index contributed by atoms with van der Waals surface area (Å²) >= 11 is 5.86. The molecule has 1 aliphatic rings. The number of likely N-dealkylation sites (tertiary alicyclic amines) is 1.